The van der Waals surface area contributed by atoms with Gasteiger partial charge in [0.1, 0.15) is 24.1 Å². The van der Waals surface area contributed by atoms with Crippen molar-refractivity contribution in [1.29, 1.82) is 0 Å². The second kappa shape index (κ2) is 11.2. The highest BCUT2D eigenvalue weighted by molar-refractivity contribution is 7.53. The summed E-state index contributed by atoms with van der Waals surface area (Å²) < 4.78 is 24.9. The molecular formula is C23H27ClN9O8P. The Kier molecular flexibility index (Phi) is 7.71. The Morgan fingerprint density at radius 2 is 2.05 bits per heavy atom. The molecular weight excluding hydrogens is 597 g/mol. The maximum Gasteiger partial charge on any atom is 0.359 e. The lowest BCUT2D eigenvalue weighted by Crippen LogP contribution is -2.43. The molecule has 0 bridgehead atoms. The molecule has 17 nitrogen and oxygen atoms in total. The van der Waals surface area contributed by atoms with Gasteiger partial charge in [-0.1, -0.05) is 29.5 Å². The van der Waals surface area contributed by atoms with Gasteiger partial charge in [-0.3, -0.25) is 4.57 Å². The zero-order valence-electron chi connectivity index (χ0n) is 21.7. The summed E-state index contributed by atoms with van der Waals surface area (Å²) in [4.78, 5) is 28.6. The van der Waals surface area contributed by atoms with Crippen LogP contribution in [0.3, 0.4) is 0 Å². The first-order valence-corrected chi connectivity index (χ1v) is 14.9. The summed E-state index contributed by atoms with van der Waals surface area (Å²) in [5.74, 6) is 0.310. The van der Waals surface area contributed by atoms with E-state index in [0.29, 0.717) is 11.2 Å². The SMILES string of the molecule is O=P(O)(O)[C@](CO)(Cc1nn[nH]n1)OC[C@H]1O[C@@H](n2ncc3c(N[C@@H]4CCc5ccccc54)nc(Cl)nc32)[C@H](O)[C@@H]1O. The van der Waals surface area contributed by atoms with Gasteiger partial charge in [0.25, 0.3) is 0 Å². The van der Waals surface area contributed by atoms with Crippen LogP contribution < -0.4 is 5.32 Å². The highest BCUT2D eigenvalue weighted by Crippen LogP contribution is 2.53. The number of rotatable bonds is 10. The Morgan fingerprint density at radius 3 is 2.79 bits per heavy atom. The Labute approximate surface area is 242 Å². The van der Waals surface area contributed by atoms with Crippen LogP contribution in [0.2, 0.25) is 5.28 Å². The van der Waals surface area contributed by atoms with Crippen LogP contribution in [0, 0.1) is 0 Å². The molecule has 19 heteroatoms. The summed E-state index contributed by atoms with van der Waals surface area (Å²) in [7, 11) is -5.13. The second-order valence-corrected chi connectivity index (χ2v) is 12.4. The highest BCUT2D eigenvalue weighted by Gasteiger charge is 2.52. The summed E-state index contributed by atoms with van der Waals surface area (Å²) in [5, 5.41) is 50.1. The molecule has 3 aromatic heterocycles. The summed E-state index contributed by atoms with van der Waals surface area (Å²) in [6.07, 6.45) is -3.00. The monoisotopic (exact) mass is 623 g/mol. The van der Waals surface area contributed by atoms with Crippen LogP contribution in [0.25, 0.3) is 11.0 Å². The molecule has 1 saturated heterocycles. The average molecular weight is 624 g/mol. The zero-order chi connectivity index (χ0) is 29.6. The molecule has 2 aliphatic rings. The molecule has 4 aromatic rings. The van der Waals surface area contributed by atoms with Crippen LogP contribution >= 0.6 is 19.2 Å². The van der Waals surface area contributed by atoms with Gasteiger partial charge < -0.3 is 39.9 Å². The Morgan fingerprint density at radius 1 is 1.24 bits per heavy atom. The second-order valence-electron chi connectivity index (χ2n) is 10.1. The van der Waals surface area contributed by atoms with Crippen LogP contribution in [0.5, 0.6) is 0 Å². The Balaban J connectivity index is 1.23. The van der Waals surface area contributed by atoms with Crippen LogP contribution in [-0.2, 0) is 26.9 Å². The first-order valence-electron chi connectivity index (χ1n) is 12.9. The highest BCUT2D eigenvalue weighted by atomic mass is 35.5. The summed E-state index contributed by atoms with van der Waals surface area (Å²) in [6.45, 7) is -1.73. The van der Waals surface area contributed by atoms with Gasteiger partial charge in [0.15, 0.2) is 23.0 Å². The van der Waals surface area contributed by atoms with Crippen molar-refractivity contribution >= 4 is 36.0 Å². The van der Waals surface area contributed by atoms with Crippen molar-refractivity contribution in [2.75, 3.05) is 18.5 Å². The van der Waals surface area contributed by atoms with Crippen molar-refractivity contribution in [3.05, 3.63) is 52.7 Å². The molecule has 0 amide bonds. The van der Waals surface area contributed by atoms with Crippen molar-refractivity contribution in [1.82, 2.24) is 40.4 Å². The number of hydrogen-bond donors (Lipinski definition) is 7. The smallest absolute Gasteiger partial charge is 0.359 e. The third-order valence-electron chi connectivity index (χ3n) is 7.57. The van der Waals surface area contributed by atoms with E-state index in [9.17, 15) is 29.7 Å². The quantitative estimate of drug-likeness (QED) is 0.0895. The molecule has 0 spiro atoms. The predicted molar refractivity (Wildman–Crippen MR) is 143 cm³/mol. The van der Waals surface area contributed by atoms with E-state index in [-0.39, 0.29) is 22.8 Å². The Bertz CT molecular complexity index is 1620. The molecule has 4 heterocycles. The van der Waals surface area contributed by atoms with Gasteiger partial charge in [-0.05, 0) is 35.6 Å². The number of nitrogens with zero attached hydrogens (tertiary/aromatic N) is 7. The van der Waals surface area contributed by atoms with Crippen molar-refractivity contribution in [2.45, 2.75) is 55.2 Å². The standard InChI is InChI=1S/C23H27ClN9O8P/c24-22-27-19(26-14-6-5-11-3-1-2-4-12(11)14)13-8-25-33(20(13)28-22)21-18(36)17(35)15(41-21)9-40-23(10-34,42(37,38)39)7-16-29-31-32-30-16/h1-4,8,14-15,17-18,21,34-36H,5-7,9-10H2,(H,26,27,28)(H2,37,38,39)(H,29,30,31,32)/t14-,15-,17-,18-,21-,23+/m1/s1. The number of H-pyrrole nitrogens is 1. The van der Waals surface area contributed by atoms with E-state index in [1.807, 2.05) is 12.1 Å². The van der Waals surface area contributed by atoms with Gasteiger partial charge in [-0.2, -0.15) is 20.3 Å². The number of aromatic amines is 1. The summed E-state index contributed by atoms with van der Waals surface area (Å²) in [5.41, 5.74) is 2.62. The lowest BCUT2D eigenvalue weighted by Gasteiger charge is -2.32. The number of aliphatic hydroxyl groups is 3. The molecule has 0 unspecified atom stereocenters. The number of halogens is 1. The fraction of sp³-hybridized carbons (Fsp3) is 0.478. The van der Waals surface area contributed by atoms with E-state index < -0.39 is 57.1 Å². The molecule has 6 atom stereocenters. The van der Waals surface area contributed by atoms with Gasteiger partial charge in [0.2, 0.25) is 5.28 Å². The maximum atomic E-state index is 12.3. The number of fused-ring (bicyclic) bond motifs is 2. The van der Waals surface area contributed by atoms with Gasteiger partial charge in [0.05, 0.1) is 37.3 Å². The van der Waals surface area contributed by atoms with E-state index in [0.717, 1.165) is 18.4 Å². The van der Waals surface area contributed by atoms with Crippen molar-refractivity contribution in [3.8, 4) is 0 Å². The van der Waals surface area contributed by atoms with Crippen molar-refractivity contribution < 1.29 is 39.1 Å². The molecule has 7 N–H and O–H groups in total. The Hall–Kier alpha value is -3.12. The van der Waals surface area contributed by atoms with E-state index in [4.69, 9.17) is 21.1 Å². The van der Waals surface area contributed by atoms with Gasteiger partial charge in [0, 0.05) is 0 Å². The zero-order valence-corrected chi connectivity index (χ0v) is 23.4. The van der Waals surface area contributed by atoms with Gasteiger partial charge >= 0.3 is 7.60 Å². The number of aliphatic hydroxyl groups excluding tert-OH is 3. The van der Waals surface area contributed by atoms with Crippen LogP contribution in [0.15, 0.2) is 30.5 Å². The summed E-state index contributed by atoms with van der Waals surface area (Å²) in [6, 6.07) is 8.09. The number of hydrogen-bond acceptors (Lipinski definition) is 13. The lowest BCUT2D eigenvalue weighted by atomic mass is 10.1. The first-order chi connectivity index (χ1) is 20.1. The van der Waals surface area contributed by atoms with Gasteiger partial charge in [-0.25, -0.2) is 4.68 Å². The molecule has 1 aliphatic heterocycles. The molecule has 1 fully saturated rings. The number of tetrazole rings is 1. The van der Waals surface area contributed by atoms with Crippen LogP contribution in [-0.4, -0.2) is 102 Å². The minimum atomic E-state index is -5.13. The van der Waals surface area contributed by atoms with E-state index in [1.54, 1.807) is 0 Å². The average Bonchev–Trinajstić information content (AvgIpc) is 3.75. The van der Waals surface area contributed by atoms with Crippen molar-refractivity contribution in [3.63, 3.8) is 0 Å². The number of aryl methyl sites for hydroxylation is 1. The van der Waals surface area contributed by atoms with E-state index in [2.05, 4.69) is 53.1 Å². The first kappa shape index (κ1) is 29.0. The van der Waals surface area contributed by atoms with Crippen molar-refractivity contribution in [2.24, 2.45) is 0 Å². The van der Waals surface area contributed by atoms with Crippen LogP contribution in [0.1, 0.15) is 35.6 Å². The predicted octanol–water partition coefficient (Wildman–Crippen LogP) is -0.163. The number of nitrogens with one attached hydrogen (secondary N) is 2. The molecule has 224 valence electrons. The fourth-order valence-electron chi connectivity index (χ4n) is 5.31. The molecule has 42 heavy (non-hydrogen) atoms. The number of benzene rings is 1. The molecule has 1 aromatic carbocycles. The normalized spacial score (nSPS) is 25.5. The molecule has 6 rings (SSSR count). The maximum absolute atomic E-state index is 12.3. The minimum Gasteiger partial charge on any atom is -0.393 e. The minimum absolute atomic E-state index is 0.0105. The largest absolute Gasteiger partial charge is 0.393 e. The summed E-state index contributed by atoms with van der Waals surface area (Å²) >= 11 is 6.27. The lowest BCUT2D eigenvalue weighted by molar-refractivity contribution is -0.109. The molecule has 1 aliphatic carbocycles. The molecule has 0 radical (unpaired) electrons. The third kappa shape index (κ3) is 5.16. The fourth-order valence-corrected chi connectivity index (χ4v) is 6.25. The van der Waals surface area contributed by atoms with Gasteiger partial charge in [-0.15, -0.1) is 10.2 Å². The topological polar surface area (TPSA) is 247 Å². The number of aromatic nitrogens is 8. The number of anilines is 1. The van der Waals surface area contributed by atoms with E-state index in [1.165, 1.54) is 16.4 Å². The molecule has 0 saturated carbocycles. The van der Waals surface area contributed by atoms with Crippen LogP contribution in [0.4, 0.5) is 5.82 Å². The third-order valence-corrected chi connectivity index (χ3v) is 9.23. The number of ether oxygens (including phenoxy) is 2. The van der Waals surface area contributed by atoms with E-state index >= 15 is 0 Å².